The number of anilines is 1. The van der Waals surface area contributed by atoms with Gasteiger partial charge in [-0.3, -0.25) is 9.69 Å². The van der Waals surface area contributed by atoms with Crippen molar-refractivity contribution >= 4 is 33.1 Å². The molecule has 1 N–H and O–H groups in total. The zero-order chi connectivity index (χ0) is 20.4. The Bertz CT molecular complexity index is 1020. The van der Waals surface area contributed by atoms with Crippen LogP contribution in [0.25, 0.3) is 10.1 Å². The number of thiophene rings is 1. The molecular formula is C22H26N4O2S. The summed E-state index contributed by atoms with van der Waals surface area (Å²) in [4.78, 5) is 22.3. The second-order valence-corrected chi connectivity index (χ2v) is 8.45. The molecular weight excluding hydrogens is 384 g/mol. The lowest BCUT2D eigenvalue weighted by atomic mass is 10.0. The average Bonchev–Trinajstić information content (AvgIpc) is 3.13. The smallest absolute Gasteiger partial charge is 0.261 e. The minimum atomic E-state index is -0.133. The Balaban J connectivity index is 1.63. The van der Waals surface area contributed by atoms with Gasteiger partial charge in [0, 0.05) is 62.8 Å². The number of pyridine rings is 1. The number of carbonyl (C=O) groups excluding carboxylic acids is 1. The summed E-state index contributed by atoms with van der Waals surface area (Å²) in [7, 11) is 5.71. The van der Waals surface area contributed by atoms with Crippen molar-refractivity contribution in [3.05, 3.63) is 58.6 Å². The highest BCUT2D eigenvalue weighted by Gasteiger charge is 2.29. The van der Waals surface area contributed by atoms with Crippen molar-refractivity contribution in [2.75, 3.05) is 45.7 Å². The number of benzene rings is 1. The number of hydrogen-bond acceptors (Lipinski definition) is 6. The van der Waals surface area contributed by atoms with Gasteiger partial charge in [0.15, 0.2) is 0 Å². The van der Waals surface area contributed by atoms with E-state index in [-0.39, 0.29) is 12.0 Å². The molecule has 1 fully saturated rings. The maximum Gasteiger partial charge on any atom is 0.261 e. The first kappa shape index (κ1) is 19.8. The van der Waals surface area contributed by atoms with E-state index in [1.165, 1.54) is 16.9 Å². The predicted molar refractivity (Wildman–Crippen MR) is 118 cm³/mol. The molecule has 0 aliphatic carbocycles. The zero-order valence-electron chi connectivity index (χ0n) is 17.0. The van der Waals surface area contributed by atoms with Gasteiger partial charge in [0.1, 0.15) is 5.82 Å². The fraction of sp³-hybridized carbons (Fsp3) is 0.364. The number of fused-ring (bicyclic) bond motifs is 1. The molecule has 2 aromatic heterocycles. The molecule has 0 bridgehead atoms. The van der Waals surface area contributed by atoms with Crippen molar-refractivity contribution in [3.8, 4) is 0 Å². The Labute approximate surface area is 175 Å². The van der Waals surface area contributed by atoms with Crippen molar-refractivity contribution in [3.63, 3.8) is 0 Å². The molecule has 3 aromatic rings. The lowest BCUT2D eigenvalue weighted by Gasteiger charge is -2.34. The highest BCUT2D eigenvalue weighted by Crippen LogP contribution is 2.38. The summed E-state index contributed by atoms with van der Waals surface area (Å²) in [6, 6.07) is 12.3. The number of nitrogens with zero attached hydrogens (tertiary/aromatic N) is 3. The fourth-order valence-electron chi connectivity index (χ4n) is 3.89. The molecule has 0 unspecified atom stereocenters. The number of carbonyl (C=O) groups is 1. The van der Waals surface area contributed by atoms with Gasteiger partial charge in [-0.15, -0.1) is 11.3 Å². The third kappa shape index (κ3) is 3.99. The summed E-state index contributed by atoms with van der Waals surface area (Å²) < 4.78 is 7.29. The minimum Gasteiger partial charge on any atom is -0.371 e. The van der Waals surface area contributed by atoms with Gasteiger partial charge in [-0.1, -0.05) is 24.3 Å². The summed E-state index contributed by atoms with van der Waals surface area (Å²) in [6.07, 6.45) is 1.69. The topological polar surface area (TPSA) is 57.7 Å². The molecule has 1 aliphatic rings. The first-order chi connectivity index (χ1) is 14.1. The normalized spacial score (nSPS) is 17.4. The van der Waals surface area contributed by atoms with Crippen LogP contribution in [0.1, 0.15) is 26.9 Å². The molecule has 0 saturated carbocycles. The number of ether oxygens (including phenoxy) is 1. The van der Waals surface area contributed by atoms with Gasteiger partial charge in [0.05, 0.1) is 17.6 Å². The molecule has 7 heteroatoms. The summed E-state index contributed by atoms with van der Waals surface area (Å²) in [6.45, 7) is 3.04. The van der Waals surface area contributed by atoms with Crippen LogP contribution in [0.3, 0.4) is 0 Å². The number of rotatable bonds is 5. The Kier molecular flexibility index (Phi) is 5.80. The number of morpholine rings is 1. The van der Waals surface area contributed by atoms with Crippen molar-refractivity contribution in [1.29, 1.82) is 0 Å². The maximum absolute atomic E-state index is 12.6. The summed E-state index contributed by atoms with van der Waals surface area (Å²) >= 11 is 1.53. The van der Waals surface area contributed by atoms with E-state index in [2.05, 4.69) is 33.4 Å². The molecule has 4 rings (SSSR count). The Morgan fingerprint density at radius 2 is 2.14 bits per heavy atom. The van der Waals surface area contributed by atoms with Crippen molar-refractivity contribution < 1.29 is 9.53 Å². The lowest BCUT2D eigenvalue weighted by molar-refractivity contribution is -0.0322. The summed E-state index contributed by atoms with van der Waals surface area (Å²) in [5.74, 6) is 0.937. The van der Waals surface area contributed by atoms with E-state index < -0.39 is 0 Å². The van der Waals surface area contributed by atoms with Gasteiger partial charge in [0.25, 0.3) is 5.91 Å². The largest absolute Gasteiger partial charge is 0.371 e. The Morgan fingerprint density at radius 1 is 1.31 bits per heavy atom. The average molecular weight is 411 g/mol. The van der Waals surface area contributed by atoms with Crippen LogP contribution in [0.5, 0.6) is 0 Å². The van der Waals surface area contributed by atoms with Gasteiger partial charge in [0.2, 0.25) is 0 Å². The minimum absolute atomic E-state index is 0.0518. The van der Waals surface area contributed by atoms with Crippen LogP contribution in [-0.2, 0) is 11.3 Å². The van der Waals surface area contributed by atoms with E-state index in [4.69, 9.17) is 4.74 Å². The Hall–Kier alpha value is -2.48. The molecule has 0 spiro atoms. The molecule has 0 radical (unpaired) electrons. The SMILES string of the molecule is CNC(=O)c1sc2ccccc2c1[C@@H]1CN(Cc2cccnc2N(C)C)CCO1. The van der Waals surface area contributed by atoms with Crippen LogP contribution >= 0.6 is 11.3 Å². The fourth-order valence-corrected chi connectivity index (χ4v) is 5.09. The Morgan fingerprint density at radius 3 is 2.93 bits per heavy atom. The molecule has 29 heavy (non-hydrogen) atoms. The molecule has 1 aliphatic heterocycles. The molecule has 3 heterocycles. The molecule has 152 valence electrons. The van der Waals surface area contributed by atoms with E-state index in [9.17, 15) is 4.79 Å². The van der Waals surface area contributed by atoms with Crippen molar-refractivity contribution in [2.45, 2.75) is 12.6 Å². The second kappa shape index (κ2) is 8.49. The maximum atomic E-state index is 12.6. The van der Waals surface area contributed by atoms with Crippen LogP contribution in [0.15, 0.2) is 42.6 Å². The number of amides is 1. The predicted octanol–water partition coefficient (Wildman–Crippen LogP) is 3.30. The van der Waals surface area contributed by atoms with E-state index in [0.717, 1.165) is 46.0 Å². The standard InChI is InChI=1S/C22H26N4O2S/c1-23-22(27)20-19(16-8-4-5-9-18(16)29-20)17-14-26(11-12-28-17)13-15-7-6-10-24-21(15)25(2)3/h4-10,17H,11-14H2,1-3H3,(H,23,27)/t17-/m0/s1. The van der Waals surface area contributed by atoms with E-state index in [1.54, 1.807) is 7.05 Å². The third-order valence-electron chi connectivity index (χ3n) is 5.22. The molecule has 1 saturated heterocycles. The summed E-state index contributed by atoms with van der Waals surface area (Å²) in [5, 5.41) is 3.89. The van der Waals surface area contributed by atoms with Crippen LogP contribution in [-0.4, -0.2) is 56.6 Å². The molecule has 1 amide bonds. The van der Waals surface area contributed by atoms with E-state index >= 15 is 0 Å². The third-order valence-corrected chi connectivity index (χ3v) is 6.41. The lowest BCUT2D eigenvalue weighted by Crippen LogP contribution is -2.38. The molecule has 1 atom stereocenters. The number of nitrogens with one attached hydrogen (secondary N) is 1. The highest BCUT2D eigenvalue weighted by atomic mass is 32.1. The monoisotopic (exact) mass is 410 g/mol. The molecule has 6 nitrogen and oxygen atoms in total. The van der Waals surface area contributed by atoms with Crippen molar-refractivity contribution in [2.24, 2.45) is 0 Å². The first-order valence-electron chi connectivity index (χ1n) is 9.77. The van der Waals surface area contributed by atoms with Crippen LogP contribution in [0.4, 0.5) is 5.82 Å². The van der Waals surface area contributed by atoms with Gasteiger partial charge >= 0.3 is 0 Å². The van der Waals surface area contributed by atoms with E-state index in [0.29, 0.717) is 6.61 Å². The van der Waals surface area contributed by atoms with Gasteiger partial charge in [-0.05, 0) is 17.5 Å². The van der Waals surface area contributed by atoms with Gasteiger partial charge in [-0.2, -0.15) is 0 Å². The zero-order valence-corrected chi connectivity index (χ0v) is 17.8. The highest BCUT2D eigenvalue weighted by molar-refractivity contribution is 7.21. The molecule has 1 aromatic carbocycles. The van der Waals surface area contributed by atoms with Crippen LogP contribution in [0.2, 0.25) is 0 Å². The number of hydrogen-bond donors (Lipinski definition) is 1. The quantitative estimate of drug-likeness (QED) is 0.699. The number of aromatic nitrogens is 1. The van der Waals surface area contributed by atoms with Crippen LogP contribution in [0, 0.1) is 0 Å². The van der Waals surface area contributed by atoms with Gasteiger partial charge in [-0.25, -0.2) is 4.98 Å². The van der Waals surface area contributed by atoms with Gasteiger partial charge < -0.3 is 15.0 Å². The van der Waals surface area contributed by atoms with E-state index in [1.807, 2.05) is 43.4 Å². The first-order valence-corrected chi connectivity index (χ1v) is 10.6. The summed E-state index contributed by atoms with van der Waals surface area (Å²) in [5.41, 5.74) is 2.20. The second-order valence-electron chi connectivity index (χ2n) is 7.40. The van der Waals surface area contributed by atoms with Crippen LogP contribution < -0.4 is 10.2 Å². The van der Waals surface area contributed by atoms with Crippen molar-refractivity contribution in [1.82, 2.24) is 15.2 Å².